The maximum Gasteiger partial charge on any atom is 0.435 e. The Hall–Kier alpha value is -0.750. The molecule has 0 saturated heterocycles. The summed E-state index contributed by atoms with van der Waals surface area (Å²) in [4.78, 5) is 0. The summed E-state index contributed by atoms with van der Waals surface area (Å²) >= 11 is 0. The molecule has 0 bridgehead atoms. The lowest BCUT2D eigenvalue weighted by Crippen LogP contribution is -2.51. The topological polar surface area (TPSA) is 0 Å². The number of hydrogen-bond donors (Lipinski definition) is 0. The van der Waals surface area contributed by atoms with Gasteiger partial charge < -0.3 is 0 Å². The predicted octanol–water partition coefficient (Wildman–Crippen LogP) is 3.01. The van der Waals surface area contributed by atoms with Crippen LogP contribution in [0.5, 0.6) is 0 Å². The van der Waals surface area contributed by atoms with E-state index in [0.29, 0.717) is 0 Å². The normalized spacial score (nSPS) is 14.6. The van der Waals surface area contributed by atoms with Gasteiger partial charge in [-0.25, -0.2) is 4.39 Å². The lowest BCUT2D eigenvalue weighted by atomic mass is 10.1. The van der Waals surface area contributed by atoms with Crippen molar-refractivity contribution >= 4 is 0 Å². The first-order chi connectivity index (χ1) is 5.06. The average molecular weight is 196 g/mol. The Morgan fingerprint density at radius 3 is 1.00 bits per heavy atom. The van der Waals surface area contributed by atoms with Crippen LogP contribution in [0.15, 0.2) is 12.7 Å². The van der Waals surface area contributed by atoms with E-state index in [0.717, 1.165) is 0 Å². The average Bonchev–Trinajstić information content (AvgIpc) is 1.81. The van der Waals surface area contributed by atoms with Crippen LogP contribution in [0.3, 0.4) is 0 Å². The van der Waals surface area contributed by atoms with Crippen molar-refractivity contribution in [1.82, 2.24) is 0 Å². The van der Waals surface area contributed by atoms with Crippen molar-refractivity contribution in [1.29, 1.82) is 0 Å². The number of hydrogen-bond acceptors (Lipinski definition) is 0. The zero-order valence-electron chi connectivity index (χ0n) is 5.43. The molecular formula is C5H3F7. The SMILES string of the molecule is C=CC(F)(C(F)(F)F)C(F)(F)F. The number of halogens is 7. The van der Waals surface area contributed by atoms with Crippen LogP contribution in [-0.2, 0) is 0 Å². The van der Waals surface area contributed by atoms with Crippen molar-refractivity contribution in [3.63, 3.8) is 0 Å². The summed E-state index contributed by atoms with van der Waals surface area (Å²) in [7, 11) is 0. The maximum atomic E-state index is 12.2. The lowest BCUT2D eigenvalue weighted by Gasteiger charge is -2.26. The van der Waals surface area contributed by atoms with Crippen LogP contribution < -0.4 is 0 Å². The fourth-order valence-electron chi connectivity index (χ4n) is 0.392. The van der Waals surface area contributed by atoms with E-state index in [1.165, 1.54) is 0 Å². The van der Waals surface area contributed by atoms with Gasteiger partial charge in [0.1, 0.15) is 0 Å². The van der Waals surface area contributed by atoms with E-state index >= 15 is 0 Å². The molecule has 0 aromatic heterocycles. The van der Waals surface area contributed by atoms with E-state index in [1.807, 2.05) is 0 Å². The van der Waals surface area contributed by atoms with Gasteiger partial charge in [0.05, 0.1) is 0 Å². The summed E-state index contributed by atoms with van der Waals surface area (Å²) in [5.74, 6) is 0. The van der Waals surface area contributed by atoms with E-state index in [2.05, 4.69) is 6.58 Å². The second-order valence-electron chi connectivity index (χ2n) is 1.91. The van der Waals surface area contributed by atoms with Crippen molar-refractivity contribution in [2.75, 3.05) is 0 Å². The molecule has 0 aliphatic carbocycles. The van der Waals surface area contributed by atoms with Gasteiger partial charge in [0.15, 0.2) is 0 Å². The van der Waals surface area contributed by atoms with E-state index in [-0.39, 0.29) is 0 Å². The predicted molar refractivity (Wildman–Crippen MR) is 26.1 cm³/mol. The van der Waals surface area contributed by atoms with Crippen molar-refractivity contribution < 1.29 is 30.7 Å². The van der Waals surface area contributed by atoms with Crippen molar-refractivity contribution in [2.45, 2.75) is 18.0 Å². The summed E-state index contributed by atoms with van der Waals surface area (Å²) < 4.78 is 80.8. The van der Waals surface area contributed by atoms with Crippen LogP contribution in [0.2, 0.25) is 0 Å². The minimum atomic E-state index is -6.02. The molecule has 12 heavy (non-hydrogen) atoms. The molecule has 0 N–H and O–H groups in total. The summed E-state index contributed by atoms with van der Waals surface area (Å²) in [6.07, 6.45) is -12.9. The van der Waals surface area contributed by atoms with E-state index < -0.39 is 24.1 Å². The molecule has 0 radical (unpaired) electrons. The highest BCUT2D eigenvalue weighted by Gasteiger charge is 2.70. The van der Waals surface area contributed by atoms with Gasteiger partial charge in [-0.05, 0) is 6.08 Å². The third kappa shape index (κ3) is 1.54. The van der Waals surface area contributed by atoms with Crippen LogP contribution >= 0.6 is 0 Å². The minimum absolute atomic E-state index is 0.812. The summed E-state index contributed by atoms with van der Waals surface area (Å²) in [5.41, 5.74) is -5.32. The van der Waals surface area contributed by atoms with E-state index in [9.17, 15) is 30.7 Å². The summed E-state index contributed by atoms with van der Waals surface area (Å²) in [5, 5.41) is 0. The Kier molecular flexibility index (Phi) is 2.47. The fourth-order valence-corrected chi connectivity index (χ4v) is 0.392. The van der Waals surface area contributed by atoms with Gasteiger partial charge in [-0.3, -0.25) is 0 Å². The monoisotopic (exact) mass is 196 g/mol. The Morgan fingerprint density at radius 1 is 0.750 bits per heavy atom. The van der Waals surface area contributed by atoms with Crippen LogP contribution in [0.4, 0.5) is 30.7 Å². The zero-order chi connectivity index (χ0) is 10.2. The molecule has 0 aromatic rings. The second-order valence-corrected chi connectivity index (χ2v) is 1.91. The zero-order valence-corrected chi connectivity index (χ0v) is 5.43. The number of allylic oxidation sites excluding steroid dienone is 1. The Balaban J connectivity index is 5.09. The molecule has 0 atom stereocenters. The lowest BCUT2D eigenvalue weighted by molar-refractivity contribution is -0.321. The van der Waals surface area contributed by atoms with Gasteiger partial charge in [-0.2, -0.15) is 26.3 Å². The smallest absolute Gasteiger partial charge is 0.219 e. The van der Waals surface area contributed by atoms with Crippen LogP contribution in [-0.4, -0.2) is 18.0 Å². The standard InChI is InChI=1S/C5H3F7/c1-2-3(6,4(7,8)9)5(10,11)12/h2H,1H2. The van der Waals surface area contributed by atoms with Crippen molar-refractivity contribution in [2.24, 2.45) is 0 Å². The summed E-state index contributed by atoms with van der Waals surface area (Å²) in [6, 6.07) is 0. The minimum Gasteiger partial charge on any atom is -0.219 e. The Bertz CT molecular complexity index is 159. The third-order valence-corrected chi connectivity index (χ3v) is 1.11. The van der Waals surface area contributed by atoms with Gasteiger partial charge in [-0.15, -0.1) is 0 Å². The van der Waals surface area contributed by atoms with Crippen molar-refractivity contribution in [3.8, 4) is 0 Å². The summed E-state index contributed by atoms with van der Waals surface area (Å²) in [6.45, 7) is 2.15. The third-order valence-electron chi connectivity index (χ3n) is 1.11. The molecule has 0 aliphatic heterocycles. The molecule has 0 heterocycles. The highest BCUT2D eigenvalue weighted by molar-refractivity contribution is 5.07. The Morgan fingerprint density at radius 2 is 1.00 bits per heavy atom. The van der Waals surface area contributed by atoms with Crippen LogP contribution in [0.1, 0.15) is 0 Å². The van der Waals surface area contributed by atoms with Gasteiger partial charge in [0.25, 0.3) is 0 Å². The molecule has 0 rings (SSSR count). The molecule has 0 aliphatic rings. The quantitative estimate of drug-likeness (QED) is 0.446. The first-order valence-corrected chi connectivity index (χ1v) is 2.52. The van der Waals surface area contributed by atoms with Gasteiger partial charge in [0.2, 0.25) is 0 Å². The van der Waals surface area contributed by atoms with E-state index in [4.69, 9.17) is 0 Å². The largest absolute Gasteiger partial charge is 0.435 e. The number of rotatable bonds is 1. The fraction of sp³-hybridized carbons (Fsp3) is 0.600. The molecule has 0 fully saturated rings. The number of alkyl halides is 7. The molecule has 72 valence electrons. The van der Waals surface area contributed by atoms with Crippen LogP contribution in [0.25, 0.3) is 0 Å². The highest BCUT2D eigenvalue weighted by atomic mass is 19.4. The molecule has 0 unspecified atom stereocenters. The molecule has 0 aromatic carbocycles. The maximum absolute atomic E-state index is 12.2. The van der Waals surface area contributed by atoms with E-state index in [1.54, 1.807) is 0 Å². The molecular weight excluding hydrogens is 193 g/mol. The van der Waals surface area contributed by atoms with Crippen molar-refractivity contribution in [3.05, 3.63) is 12.7 Å². The molecule has 0 amide bonds. The highest BCUT2D eigenvalue weighted by Crippen LogP contribution is 2.46. The van der Waals surface area contributed by atoms with Gasteiger partial charge in [0, 0.05) is 0 Å². The second kappa shape index (κ2) is 2.63. The molecule has 0 saturated carbocycles. The molecule has 0 nitrogen and oxygen atoms in total. The van der Waals surface area contributed by atoms with Crippen LogP contribution in [0, 0.1) is 0 Å². The first-order valence-electron chi connectivity index (χ1n) is 2.52. The molecule has 7 heteroatoms. The first kappa shape index (κ1) is 11.2. The molecule has 0 spiro atoms. The Labute approximate surface area is 62.7 Å². The van der Waals surface area contributed by atoms with Gasteiger partial charge >= 0.3 is 18.0 Å². The van der Waals surface area contributed by atoms with Gasteiger partial charge in [-0.1, -0.05) is 6.58 Å².